The van der Waals surface area contributed by atoms with Gasteiger partial charge in [0, 0.05) is 6.54 Å². The van der Waals surface area contributed by atoms with Crippen LogP contribution >= 0.6 is 0 Å². The van der Waals surface area contributed by atoms with Crippen LogP contribution in [0.3, 0.4) is 0 Å². The van der Waals surface area contributed by atoms with E-state index in [1.165, 1.54) is 0 Å². The van der Waals surface area contributed by atoms with Crippen LogP contribution in [-0.2, 0) is 11.3 Å². The Kier molecular flexibility index (Phi) is 6.51. The first-order valence-electron chi connectivity index (χ1n) is 10.4. The predicted molar refractivity (Wildman–Crippen MR) is 122 cm³/mol. The van der Waals surface area contributed by atoms with Crippen molar-refractivity contribution in [2.45, 2.75) is 19.5 Å². The first-order valence-corrected chi connectivity index (χ1v) is 10.4. The Morgan fingerprint density at radius 2 is 1.66 bits per heavy atom. The highest BCUT2D eigenvalue weighted by Gasteiger charge is 2.17. The number of amides is 2. The third-order valence-corrected chi connectivity index (χ3v) is 5.09. The van der Waals surface area contributed by atoms with Crippen LogP contribution in [0.5, 0.6) is 5.75 Å². The molecule has 0 aliphatic heterocycles. The minimum absolute atomic E-state index is 0.220. The summed E-state index contributed by atoms with van der Waals surface area (Å²) in [5.74, 6) is 0.441. The van der Waals surface area contributed by atoms with E-state index in [4.69, 9.17) is 9.15 Å². The van der Waals surface area contributed by atoms with Gasteiger partial charge in [0.25, 0.3) is 11.8 Å². The zero-order valence-corrected chi connectivity index (χ0v) is 17.7. The molecular formula is C26H24N2O4. The number of benzene rings is 3. The molecule has 0 aliphatic rings. The van der Waals surface area contributed by atoms with Crippen molar-refractivity contribution in [2.24, 2.45) is 0 Å². The van der Waals surface area contributed by atoms with E-state index in [2.05, 4.69) is 10.6 Å². The molecule has 0 spiro atoms. The number of hydrogen-bond acceptors (Lipinski definition) is 4. The molecular weight excluding hydrogens is 404 g/mol. The second-order valence-corrected chi connectivity index (χ2v) is 7.46. The topological polar surface area (TPSA) is 80.6 Å². The SMILES string of the molecule is CC(NC(=O)COc1cc2ccccc2cc1C(=O)NCc1ccccc1)c1ccco1. The Hall–Kier alpha value is -4.06. The largest absolute Gasteiger partial charge is 0.483 e. The fraction of sp³-hybridized carbons (Fsp3) is 0.154. The van der Waals surface area contributed by atoms with E-state index in [1.807, 2.05) is 61.5 Å². The highest BCUT2D eigenvalue weighted by atomic mass is 16.5. The molecule has 0 bridgehead atoms. The fourth-order valence-electron chi connectivity index (χ4n) is 3.42. The molecule has 6 heteroatoms. The lowest BCUT2D eigenvalue weighted by Crippen LogP contribution is -2.31. The quantitative estimate of drug-likeness (QED) is 0.429. The summed E-state index contributed by atoms with van der Waals surface area (Å²) in [6.07, 6.45) is 1.56. The molecule has 1 aromatic heterocycles. The van der Waals surface area contributed by atoms with Crippen molar-refractivity contribution in [3.63, 3.8) is 0 Å². The first kappa shape index (κ1) is 21.2. The third-order valence-electron chi connectivity index (χ3n) is 5.09. The number of rotatable bonds is 8. The van der Waals surface area contributed by atoms with Crippen LogP contribution in [0.1, 0.15) is 34.6 Å². The fourth-order valence-corrected chi connectivity index (χ4v) is 3.42. The average Bonchev–Trinajstić information content (AvgIpc) is 3.36. The van der Waals surface area contributed by atoms with Crippen molar-refractivity contribution in [2.75, 3.05) is 6.61 Å². The van der Waals surface area contributed by atoms with E-state index in [1.54, 1.807) is 30.5 Å². The molecule has 1 unspecified atom stereocenters. The van der Waals surface area contributed by atoms with Gasteiger partial charge in [-0.15, -0.1) is 0 Å². The van der Waals surface area contributed by atoms with Gasteiger partial charge in [-0.3, -0.25) is 9.59 Å². The van der Waals surface area contributed by atoms with Gasteiger partial charge in [-0.05, 0) is 47.5 Å². The van der Waals surface area contributed by atoms with Crippen LogP contribution in [0.4, 0.5) is 0 Å². The Morgan fingerprint density at radius 3 is 2.38 bits per heavy atom. The van der Waals surface area contributed by atoms with E-state index >= 15 is 0 Å². The van der Waals surface area contributed by atoms with Gasteiger partial charge in [-0.2, -0.15) is 0 Å². The smallest absolute Gasteiger partial charge is 0.258 e. The van der Waals surface area contributed by atoms with Gasteiger partial charge in [0.2, 0.25) is 0 Å². The highest BCUT2D eigenvalue weighted by Crippen LogP contribution is 2.26. The molecule has 1 atom stereocenters. The molecule has 3 aromatic carbocycles. The molecule has 0 aliphatic carbocycles. The normalized spacial score (nSPS) is 11.7. The summed E-state index contributed by atoms with van der Waals surface area (Å²) in [5, 5.41) is 7.59. The lowest BCUT2D eigenvalue weighted by atomic mass is 10.1. The van der Waals surface area contributed by atoms with Crippen molar-refractivity contribution < 1.29 is 18.7 Å². The summed E-state index contributed by atoms with van der Waals surface area (Å²) >= 11 is 0. The van der Waals surface area contributed by atoms with Crippen molar-refractivity contribution in [1.82, 2.24) is 10.6 Å². The third kappa shape index (κ3) is 5.16. The van der Waals surface area contributed by atoms with Crippen LogP contribution in [0.2, 0.25) is 0 Å². The molecule has 2 amide bonds. The number of carbonyl (C=O) groups excluding carboxylic acids is 2. The van der Waals surface area contributed by atoms with Gasteiger partial charge < -0.3 is 19.8 Å². The maximum Gasteiger partial charge on any atom is 0.258 e. The van der Waals surface area contributed by atoms with Crippen LogP contribution in [0.25, 0.3) is 10.8 Å². The van der Waals surface area contributed by atoms with E-state index in [0.717, 1.165) is 16.3 Å². The molecule has 2 N–H and O–H groups in total. The van der Waals surface area contributed by atoms with E-state index in [-0.39, 0.29) is 24.5 Å². The zero-order valence-electron chi connectivity index (χ0n) is 17.7. The Balaban J connectivity index is 1.49. The van der Waals surface area contributed by atoms with Crippen molar-refractivity contribution in [3.8, 4) is 5.75 Å². The van der Waals surface area contributed by atoms with Gasteiger partial charge in [0.05, 0.1) is 17.9 Å². The summed E-state index contributed by atoms with van der Waals surface area (Å²) in [6.45, 7) is 2.00. The van der Waals surface area contributed by atoms with Gasteiger partial charge in [0.15, 0.2) is 6.61 Å². The molecule has 32 heavy (non-hydrogen) atoms. The minimum atomic E-state index is -0.308. The van der Waals surface area contributed by atoms with Crippen LogP contribution in [0.15, 0.2) is 89.5 Å². The maximum absolute atomic E-state index is 13.0. The van der Waals surface area contributed by atoms with Crippen molar-refractivity contribution in [3.05, 3.63) is 102 Å². The summed E-state index contributed by atoms with van der Waals surface area (Å²) in [5.41, 5.74) is 1.38. The predicted octanol–water partition coefficient (Wildman–Crippen LogP) is 4.62. The average molecular weight is 428 g/mol. The number of ether oxygens (including phenoxy) is 1. The monoisotopic (exact) mass is 428 g/mol. The summed E-state index contributed by atoms with van der Waals surface area (Å²) in [6, 6.07) is 24.2. The van der Waals surface area contributed by atoms with Crippen LogP contribution in [-0.4, -0.2) is 18.4 Å². The number of furan rings is 1. The van der Waals surface area contributed by atoms with Gasteiger partial charge in [0.1, 0.15) is 11.5 Å². The highest BCUT2D eigenvalue weighted by molar-refractivity contribution is 6.01. The number of carbonyl (C=O) groups is 2. The molecule has 0 radical (unpaired) electrons. The Labute approximate surface area is 186 Å². The minimum Gasteiger partial charge on any atom is -0.483 e. The van der Waals surface area contributed by atoms with E-state index in [9.17, 15) is 9.59 Å². The lowest BCUT2D eigenvalue weighted by molar-refractivity contribution is -0.123. The van der Waals surface area contributed by atoms with E-state index in [0.29, 0.717) is 23.6 Å². The molecule has 4 rings (SSSR count). The second kappa shape index (κ2) is 9.83. The van der Waals surface area contributed by atoms with Crippen LogP contribution < -0.4 is 15.4 Å². The van der Waals surface area contributed by atoms with Crippen molar-refractivity contribution in [1.29, 1.82) is 0 Å². The molecule has 4 aromatic rings. The molecule has 0 saturated carbocycles. The second-order valence-electron chi connectivity index (χ2n) is 7.46. The van der Waals surface area contributed by atoms with Gasteiger partial charge in [-0.1, -0.05) is 54.6 Å². The molecule has 0 fully saturated rings. The van der Waals surface area contributed by atoms with Gasteiger partial charge >= 0.3 is 0 Å². The van der Waals surface area contributed by atoms with Gasteiger partial charge in [-0.25, -0.2) is 0 Å². The number of fused-ring (bicyclic) bond motifs is 1. The Morgan fingerprint density at radius 1 is 0.938 bits per heavy atom. The number of nitrogens with one attached hydrogen (secondary N) is 2. The summed E-state index contributed by atoms with van der Waals surface area (Å²) < 4.78 is 11.1. The van der Waals surface area contributed by atoms with E-state index < -0.39 is 0 Å². The standard InChI is InChI=1S/C26H24N2O4/c1-18(23-12-7-13-31-23)28-25(29)17-32-24-15-21-11-6-5-10-20(21)14-22(24)26(30)27-16-19-8-3-2-4-9-19/h2-15,18H,16-17H2,1H3,(H,27,30)(H,28,29). The lowest BCUT2D eigenvalue weighted by Gasteiger charge is -2.15. The molecule has 162 valence electrons. The summed E-state index contributed by atoms with van der Waals surface area (Å²) in [7, 11) is 0. The van der Waals surface area contributed by atoms with Crippen LogP contribution in [0, 0.1) is 0 Å². The zero-order chi connectivity index (χ0) is 22.3. The Bertz CT molecular complexity index is 1200. The van der Waals surface area contributed by atoms with Crippen molar-refractivity contribution >= 4 is 22.6 Å². The summed E-state index contributed by atoms with van der Waals surface area (Å²) in [4.78, 5) is 25.4. The molecule has 1 heterocycles. The molecule has 6 nitrogen and oxygen atoms in total. The first-order chi connectivity index (χ1) is 15.6. The molecule has 0 saturated heterocycles. The maximum atomic E-state index is 13.0. The number of hydrogen-bond donors (Lipinski definition) is 2.